The van der Waals surface area contributed by atoms with Gasteiger partial charge < -0.3 is 16.0 Å². The van der Waals surface area contributed by atoms with Crippen LogP contribution in [-0.2, 0) is 0 Å². The molecule has 0 fully saturated rings. The summed E-state index contributed by atoms with van der Waals surface area (Å²) >= 11 is 0. The first-order valence-corrected chi connectivity index (χ1v) is 8.91. The molecule has 1 aromatic heterocycles. The van der Waals surface area contributed by atoms with Gasteiger partial charge >= 0.3 is 0 Å². The van der Waals surface area contributed by atoms with E-state index < -0.39 is 0 Å². The van der Waals surface area contributed by atoms with Gasteiger partial charge in [-0.05, 0) is 48.9 Å². The Bertz CT molecular complexity index is 998. The van der Waals surface area contributed by atoms with Crippen LogP contribution in [0.1, 0.15) is 15.9 Å². The van der Waals surface area contributed by atoms with E-state index in [-0.39, 0.29) is 5.91 Å². The lowest BCUT2D eigenvalue weighted by Crippen LogP contribution is -2.26. The van der Waals surface area contributed by atoms with E-state index in [4.69, 9.17) is 5.73 Å². The molecular weight excluding hydrogens is 350 g/mol. The minimum Gasteiger partial charge on any atom is -0.398 e. The first-order chi connectivity index (χ1) is 13.5. The highest BCUT2D eigenvalue weighted by Gasteiger charge is 2.11. The summed E-state index contributed by atoms with van der Waals surface area (Å²) in [7, 11) is 1.74. The summed E-state index contributed by atoms with van der Waals surface area (Å²) < 4.78 is 0. The summed E-state index contributed by atoms with van der Waals surface area (Å²) in [5.41, 5.74) is 10.9. The first kappa shape index (κ1) is 19.1. The number of anilines is 3. The number of amides is 1. The van der Waals surface area contributed by atoms with Gasteiger partial charge in [0.05, 0.1) is 5.69 Å². The van der Waals surface area contributed by atoms with Gasteiger partial charge in [0.25, 0.3) is 5.91 Å². The quantitative estimate of drug-likeness (QED) is 0.503. The molecule has 3 aromatic rings. The number of nitrogen functional groups attached to an aromatic ring is 1. The molecule has 0 bridgehead atoms. The average Bonchev–Trinajstić information content (AvgIpc) is 2.70. The van der Waals surface area contributed by atoms with Gasteiger partial charge in [-0.15, -0.1) is 6.58 Å². The molecule has 0 unspecified atom stereocenters. The Morgan fingerprint density at radius 3 is 2.68 bits per heavy atom. The molecule has 1 heterocycles. The van der Waals surface area contributed by atoms with Crippen LogP contribution in [0.2, 0.25) is 0 Å². The number of nitrogens with two attached hydrogens (primary N) is 1. The Balaban J connectivity index is 1.78. The van der Waals surface area contributed by atoms with E-state index in [0.717, 1.165) is 28.2 Å². The molecule has 0 saturated heterocycles. The van der Waals surface area contributed by atoms with Crippen LogP contribution in [0, 0.1) is 6.92 Å². The second-order valence-electron chi connectivity index (χ2n) is 6.46. The SMILES string of the molecule is C=CCN(C)C(=O)c1ccc(Nc2nccc(-c3cccc(N)c3C)n2)cc1. The van der Waals surface area contributed by atoms with Crippen LogP contribution in [-0.4, -0.2) is 34.4 Å². The van der Waals surface area contributed by atoms with Crippen molar-refractivity contribution < 1.29 is 4.79 Å². The van der Waals surface area contributed by atoms with Crippen LogP contribution in [0.15, 0.2) is 67.4 Å². The van der Waals surface area contributed by atoms with Crippen LogP contribution >= 0.6 is 0 Å². The summed E-state index contributed by atoms with van der Waals surface area (Å²) in [6, 6.07) is 14.8. The Morgan fingerprint density at radius 2 is 1.96 bits per heavy atom. The van der Waals surface area contributed by atoms with E-state index in [1.807, 2.05) is 43.3 Å². The Labute approximate surface area is 164 Å². The van der Waals surface area contributed by atoms with Gasteiger partial charge in [-0.25, -0.2) is 9.97 Å². The molecule has 0 radical (unpaired) electrons. The molecule has 3 N–H and O–H groups in total. The summed E-state index contributed by atoms with van der Waals surface area (Å²) in [4.78, 5) is 22.8. The van der Waals surface area contributed by atoms with Crippen molar-refractivity contribution in [3.8, 4) is 11.3 Å². The molecule has 0 spiro atoms. The van der Waals surface area contributed by atoms with Crippen molar-refractivity contribution in [3.63, 3.8) is 0 Å². The summed E-state index contributed by atoms with van der Waals surface area (Å²) in [5, 5.41) is 3.17. The third-order valence-corrected chi connectivity index (χ3v) is 4.44. The largest absolute Gasteiger partial charge is 0.398 e. The zero-order chi connectivity index (χ0) is 20.1. The normalized spacial score (nSPS) is 10.4. The van der Waals surface area contributed by atoms with Crippen molar-refractivity contribution in [1.29, 1.82) is 0 Å². The number of nitrogens with one attached hydrogen (secondary N) is 1. The molecule has 3 rings (SSSR count). The van der Waals surface area contributed by atoms with Crippen molar-refractivity contribution in [3.05, 3.63) is 78.5 Å². The molecule has 2 aromatic carbocycles. The fourth-order valence-electron chi connectivity index (χ4n) is 2.82. The summed E-state index contributed by atoms with van der Waals surface area (Å²) in [6.45, 7) is 6.13. The topological polar surface area (TPSA) is 84.1 Å². The van der Waals surface area contributed by atoms with E-state index in [1.165, 1.54) is 0 Å². The van der Waals surface area contributed by atoms with Gasteiger partial charge in [-0.3, -0.25) is 4.79 Å². The highest BCUT2D eigenvalue weighted by molar-refractivity contribution is 5.94. The number of hydrogen-bond donors (Lipinski definition) is 2. The molecule has 6 heteroatoms. The maximum Gasteiger partial charge on any atom is 0.253 e. The van der Waals surface area contributed by atoms with Crippen molar-refractivity contribution in [1.82, 2.24) is 14.9 Å². The highest BCUT2D eigenvalue weighted by Crippen LogP contribution is 2.26. The van der Waals surface area contributed by atoms with Crippen molar-refractivity contribution >= 4 is 23.2 Å². The van der Waals surface area contributed by atoms with Crippen LogP contribution in [0.3, 0.4) is 0 Å². The molecule has 28 heavy (non-hydrogen) atoms. The van der Waals surface area contributed by atoms with E-state index in [9.17, 15) is 4.79 Å². The maximum absolute atomic E-state index is 12.3. The van der Waals surface area contributed by atoms with Gasteiger partial charge in [-0.2, -0.15) is 0 Å². The van der Waals surface area contributed by atoms with Gasteiger partial charge in [0.2, 0.25) is 5.95 Å². The molecule has 0 aliphatic carbocycles. The highest BCUT2D eigenvalue weighted by atomic mass is 16.2. The van der Waals surface area contributed by atoms with E-state index in [0.29, 0.717) is 18.1 Å². The van der Waals surface area contributed by atoms with E-state index in [2.05, 4.69) is 21.9 Å². The fraction of sp³-hybridized carbons (Fsp3) is 0.136. The molecule has 142 valence electrons. The predicted molar refractivity (Wildman–Crippen MR) is 113 cm³/mol. The van der Waals surface area contributed by atoms with Crippen LogP contribution < -0.4 is 11.1 Å². The zero-order valence-electron chi connectivity index (χ0n) is 16.0. The minimum absolute atomic E-state index is 0.0539. The van der Waals surface area contributed by atoms with Gasteiger partial charge in [0, 0.05) is 42.3 Å². The number of carbonyl (C=O) groups excluding carboxylic acids is 1. The molecular formula is C22H23N5O. The smallest absolute Gasteiger partial charge is 0.253 e. The molecule has 0 aliphatic heterocycles. The van der Waals surface area contributed by atoms with E-state index >= 15 is 0 Å². The Hall–Kier alpha value is -3.67. The standard InChI is InChI=1S/C22H23N5O/c1-4-14-27(3)21(28)16-8-10-17(11-9-16)25-22-24-13-12-20(26-22)18-6-5-7-19(23)15(18)2/h4-13H,1,14,23H2,2-3H3,(H,24,25,26). The van der Waals surface area contributed by atoms with Gasteiger partial charge in [-0.1, -0.05) is 18.2 Å². The van der Waals surface area contributed by atoms with E-state index in [1.54, 1.807) is 36.4 Å². The van der Waals surface area contributed by atoms with Crippen molar-refractivity contribution in [2.75, 3.05) is 24.6 Å². The number of hydrogen-bond acceptors (Lipinski definition) is 5. The summed E-state index contributed by atoms with van der Waals surface area (Å²) in [6.07, 6.45) is 3.40. The molecule has 0 aliphatic rings. The fourth-order valence-corrected chi connectivity index (χ4v) is 2.82. The summed E-state index contributed by atoms with van der Waals surface area (Å²) in [5.74, 6) is 0.420. The molecule has 0 atom stereocenters. The number of rotatable bonds is 6. The Morgan fingerprint density at radius 1 is 1.21 bits per heavy atom. The molecule has 6 nitrogen and oxygen atoms in total. The lowest BCUT2D eigenvalue weighted by atomic mass is 10.0. The molecule has 1 amide bonds. The van der Waals surface area contributed by atoms with Crippen LogP contribution in [0.5, 0.6) is 0 Å². The van der Waals surface area contributed by atoms with Crippen LogP contribution in [0.25, 0.3) is 11.3 Å². The lowest BCUT2D eigenvalue weighted by Gasteiger charge is -2.15. The van der Waals surface area contributed by atoms with Gasteiger partial charge in [0.1, 0.15) is 0 Å². The monoisotopic (exact) mass is 373 g/mol. The number of carbonyl (C=O) groups is 1. The predicted octanol–water partition coefficient (Wildman–Crippen LogP) is 4.04. The number of benzene rings is 2. The number of likely N-dealkylation sites (N-methyl/N-ethyl adjacent to an activating group) is 1. The maximum atomic E-state index is 12.3. The van der Waals surface area contributed by atoms with Crippen molar-refractivity contribution in [2.45, 2.75) is 6.92 Å². The second kappa shape index (κ2) is 8.35. The third-order valence-electron chi connectivity index (χ3n) is 4.44. The van der Waals surface area contributed by atoms with Crippen molar-refractivity contribution in [2.24, 2.45) is 0 Å². The first-order valence-electron chi connectivity index (χ1n) is 8.91. The lowest BCUT2D eigenvalue weighted by molar-refractivity contribution is 0.0810. The van der Waals surface area contributed by atoms with Crippen LogP contribution in [0.4, 0.5) is 17.3 Å². The number of nitrogens with zero attached hydrogens (tertiary/aromatic N) is 3. The number of aromatic nitrogens is 2. The minimum atomic E-state index is -0.0539. The second-order valence-corrected chi connectivity index (χ2v) is 6.46. The van der Waals surface area contributed by atoms with Gasteiger partial charge in [0.15, 0.2) is 0 Å². The zero-order valence-corrected chi connectivity index (χ0v) is 16.0. The molecule has 0 saturated carbocycles. The Kier molecular flexibility index (Phi) is 5.69. The third kappa shape index (κ3) is 4.17. The average molecular weight is 373 g/mol.